The molecule has 1 N–H and O–H groups in total. The molecule has 0 aliphatic carbocycles. The van der Waals surface area contributed by atoms with Crippen molar-refractivity contribution in [2.24, 2.45) is 0 Å². The van der Waals surface area contributed by atoms with Crippen LogP contribution in [0.3, 0.4) is 0 Å². The van der Waals surface area contributed by atoms with Crippen LogP contribution < -0.4 is 5.32 Å². The van der Waals surface area contributed by atoms with E-state index in [4.69, 9.17) is 4.74 Å². The Balaban J connectivity index is 2.59. The first-order valence-corrected chi connectivity index (χ1v) is 3.74. The van der Waals surface area contributed by atoms with E-state index in [0.29, 0.717) is 13.2 Å². The molecular weight excluding hydrogens is 142 g/mol. The number of rotatable bonds is 1. The number of nitrogens with one attached hydrogen (secondary N) is 1. The van der Waals surface area contributed by atoms with Crippen molar-refractivity contribution < 1.29 is 9.53 Å². The minimum Gasteiger partial charge on any atom is -0.377 e. The van der Waals surface area contributed by atoms with Crippen LogP contribution in [0, 0.1) is 0 Å². The highest BCUT2D eigenvalue weighted by molar-refractivity contribution is 5.75. The molecule has 0 radical (unpaired) electrons. The van der Waals surface area contributed by atoms with Gasteiger partial charge in [-0.25, -0.2) is 0 Å². The van der Waals surface area contributed by atoms with E-state index in [1.165, 1.54) is 6.92 Å². The SMILES string of the molecule is CC(=O)NC1=C(C)COCC1. The Hall–Kier alpha value is -0.830. The van der Waals surface area contributed by atoms with Crippen molar-refractivity contribution >= 4 is 5.91 Å². The van der Waals surface area contributed by atoms with Crippen molar-refractivity contribution in [3.05, 3.63) is 11.3 Å². The van der Waals surface area contributed by atoms with Gasteiger partial charge in [0.1, 0.15) is 0 Å². The summed E-state index contributed by atoms with van der Waals surface area (Å²) in [5.41, 5.74) is 2.16. The van der Waals surface area contributed by atoms with E-state index >= 15 is 0 Å². The van der Waals surface area contributed by atoms with Gasteiger partial charge in [-0.05, 0) is 12.5 Å². The largest absolute Gasteiger partial charge is 0.377 e. The molecule has 0 bridgehead atoms. The van der Waals surface area contributed by atoms with Gasteiger partial charge >= 0.3 is 0 Å². The summed E-state index contributed by atoms with van der Waals surface area (Å²) >= 11 is 0. The van der Waals surface area contributed by atoms with Crippen LogP contribution in [-0.2, 0) is 9.53 Å². The first-order chi connectivity index (χ1) is 5.20. The molecule has 1 heterocycles. The molecule has 0 fully saturated rings. The Bertz CT molecular complexity index is 196. The van der Waals surface area contributed by atoms with Gasteiger partial charge in [0, 0.05) is 19.0 Å². The van der Waals surface area contributed by atoms with Crippen LogP contribution in [0.15, 0.2) is 11.3 Å². The quantitative estimate of drug-likeness (QED) is 0.608. The van der Waals surface area contributed by atoms with Crippen LogP contribution >= 0.6 is 0 Å². The van der Waals surface area contributed by atoms with Crippen LogP contribution in [0.25, 0.3) is 0 Å². The topological polar surface area (TPSA) is 38.3 Å². The number of carbonyl (C=O) groups is 1. The van der Waals surface area contributed by atoms with Gasteiger partial charge in [0.15, 0.2) is 0 Å². The average Bonchev–Trinajstić information content (AvgIpc) is 1.93. The Morgan fingerprint density at radius 3 is 2.91 bits per heavy atom. The second-order valence-electron chi connectivity index (χ2n) is 2.74. The first-order valence-electron chi connectivity index (χ1n) is 3.74. The molecule has 0 saturated heterocycles. The minimum atomic E-state index is 0.00116. The summed E-state index contributed by atoms with van der Waals surface area (Å²) in [6, 6.07) is 0. The fourth-order valence-electron chi connectivity index (χ4n) is 1.08. The summed E-state index contributed by atoms with van der Waals surface area (Å²) in [6.07, 6.45) is 0.825. The second kappa shape index (κ2) is 3.53. The van der Waals surface area contributed by atoms with Gasteiger partial charge in [-0.15, -0.1) is 0 Å². The number of carbonyl (C=O) groups excluding carboxylic acids is 1. The molecule has 11 heavy (non-hydrogen) atoms. The third kappa shape index (κ3) is 2.35. The first kappa shape index (κ1) is 8.27. The molecule has 3 heteroatoms. The van der Waals surface area contributed by atoms with Crippen LogP contribution in [-0.4, -0.2) is 19.1 Å². The molecule has 0 atom stereocenters. The van der Waals surface area contributed by atoms with Gasteiger partial charge < -0.3 is 10.1 Å². The molecule has 0 saturated carbocycles. The van der Waals surface area contributed by atoms with Crippen molar-refractivity contribution in [1.29, 1.82) is 0 Å². The lowest BCUT2D eigenvalue weighted by Gasteiger charge is -2.18. The fraction of sp³-hybridized carbons (Fsp3) is 0.625. The standard InChI is InChI=1S/C8H13NO2/c1-6-5-11-4-3-8(6)9-7(2)10/h3-5H2,1-2H3,(H,9,10). The van der Waals surface area contributed by atoms with Crippen LogP contribution in [0.1, 0.15) is 20.3 Å². The summed E-state index contributed by atoms with van der Waals surface area (Å²) in [4.78, 5) is 10.7. The summed E-state index contributed by atoms with van der Waals surface area (Å²) in [5, 5.41) is 2.79. The average molecular weight is 155 g/mol. The van der Waals surface area contributed by atoms with E-state index in [2.05, 4.69) is 5.32 Å². The molecule has 3 nitrogen and oxygen atoms in total. The molecule has 1 rings (SSSR count). The molecule has 0 aromatic rings. The number of ether oxygens (including phenoxy) is 1. The molecule has 0 aromatic carbocycles. The molecule has 1 amide bonds. The monoisotopic (exact) mass is 155 g/mol. The van der Waals surface area contributed by atoms with Crippen molar-refractivity contribution in [3.8, 4) is 0 Å². The van der Waals surface area contributed by atoms with E-state index in [1.54, 1.807) is 0 Å². The van der Waals surface area contributed by atoms with Crippen molar-refractivity contribution in [1.82, 2.24) is 5.32 Å². The maximum absolute atomic E-state index is 10.7. The van der Waals surface area contributed by atoms with Gasteiger partial charge in [0.05, 0.1) is 13.2 Å². The Kier molecular flexibility index (Phi) is 2.65. The van der Waals surface area contributed by atoms with E-state index in [-0.39, 0.29) is 5.91 Å². The maximum Gasteiger partial charge on any atom is 0.220 e. The maximum atomic E-state index is 10.7. The minimum absolute atomic E-state index is 0.00116. The molecule has 1 aliphatic heterocycles. The predicted octanol–water partition coefficient (Wildman–Crippen LogP) is 0.817. The number of hydrogen-bond acceptors (Lipinski definition) is 2. The summed E-state index contributed by atoms with van der Waals surface area (Å²) in [7, 11) is 0. The summed E-state index contributed by atoms with van der Waals surface area (Å²) < 4.78 is 5.18. The lowest BCUT2D eigenvalue weighted by Crippen LogP contribution is -2.25. The van der Waals surface area contributed by atoms with Gasteiger partial charge in [0.2, 0.25) is 5.91 Å². The predicted molar refractivity (Wildman–Crippen MR) is 42.0 cm³/mol. The Morgan fingerprint density at radius 1 is 1.64 bits per heavy atom. The third-order valence-electron chi connectivity index (χ3n) is 1.66. The zero-order valence-corrected chi connectivity index (χ0v) is 6.94. The number of hydrogen-bond donors (Lipinski definition) is 1. The van der Waals surface area contributed by atoms with Gasteiger partial charge in [-0.1, -0.05) is 0 Å². The van der Waals surface area contributed by atoms with Gasteiger partial charge in [0.25, 0.3) is 0 Å². The van der Waals surface area contributed by atoms with Crippen LogP contribution in [0.5, 0.6) is 0 Å². The van der Waals surface area contributed by atoms with Gasteiger partial charge in [-0.3, -0.25) is 4.79 Å². The van der Waals surface area contributed by atoms with E-state index in [0.717, 1.165) is 17.7 Å². The highest BCUT2D eigenvalue weighted by atomic mass is 16.5. The fourth-order valence-corrected chi connectivity index (χ4v) is 1.08. The zero-order chi connectivity index (χ0) is 8.27. The van der Waals surface area contributed by atoms with Crippen molar-refractivity contribution in [2.45, 2.75) is 20.3 Å². The molecule has 0 unspecified atom stereocenters. The smallest absolute Gasteiger partial charge is 0.220 e. The molecule has 0 aromatic heterocycles. The zero-order valence-electron chi connectivity index (χ0n) is 6.94. The van der Waals surface area contributed by atoms with Crippen LogP contribution in [0.4, 0.5) is 0 Å². The van der Waals surface area contributed by atoms with E-state index < -0.39 is 0 Å². The highest BCUT2D eigenvalue weighted by Gasteiger charge is 2.09. The number of amides is 1. The van der Waals surface area contributed by atoms with Crippen LogP contribution in [0.2, 0.25) is 0 Å². The Labute approximate surface area is 66.4 Å². The lowest BCUT2D eigenvalue weighted by molar-refractivity contribution is -0.118. The second-order valence-corrected chi connectivity index (χ2v) is 2.74. The lowest BCUT2D eigenvalue weighted by atomic mass is 10.1. The molecule has 0 spiro atoms. The Morgan fingerprint density at radius 2 is 2.36 bits per heavy atom. The molecule has 62 valence electrons. The van der Waals surface area contributed by atoms with Crippen molar-refractivity contribution in [2.75, 3.05) is 13.2 Å². The highest BCUT2D eigenvalue weighted by Crippen LogP contribution is 2.11. The van der Waals surface area contributed by atoms with Gasteiger partial charge in [-0.2, -0.15) is 0 Å². The summed E-state index contributed by atoms with van der Waals surface area (Å²) in [6.45, 7) is 4.86. The van der Waals surface area contributed by atoms with E-state index in [1.807, 2.05) is 6.92 Å². The third-order valence-corrected chi connectivity index (χ3v) is 1.66. The van der Waals surface area contributed by atoms with Crippen molar-refractivity contribution in [3.63, 3.8) is 0 Å². The molecular formula is C8H13NO2. The normalized spacial score (nSPS) is 18.4. The molecule has 1 aliphatic rings. The van der Waals surface area contributed by atoms with E-state index in [9.17, 15) is 4.79 Å². The summed E-state index contributed by atoms with van der Waals surface area (Å²) in [5.74, 6) is 0.00116.